The second-order valence-corrected chi connectivity index (χ2v) is 6.58. The largest absolute Gasteiger partial charge is 0.396 e. The minimum Gasteiger partial charge on any atom is -0.396 e. The Morgan fingerprint density at radius 3 is 2.52 bits per heavy atom. The van der Waals surface area contributed by atoms with Crippen LogP contribution in [-0.2, 0) is 13.1 Å². The minimum absolute atomic E-state index is 0.0378. The Hall–Kier alpha value is -2.18. The van der Waals surface area contributed by atoms with Crippen LogP contribution in [0.4, 0.5) is 11.6 Å². The first kappa shape index (κ1) is 17.6. The highest BCUT2D eigenvalue weighted by Gasteiger charge is 2.27. The Morgan fingerprint density at radius 1 is 1.16 bits per heavy atom. The van der Waals surface area contributed by atoms with Crippen LogP contribution < -0.4 is 10.5 Å². The van der Waals surface area contributed by atoms with Crippen LogP contribution in [-0.4, -0.2) is 39.4 Å². The summed E-state index contributed by atoms with van der Waals surface area (Å²) >= 11 is 0. The normalized spacial score (nSPS) is 14.6. The van der Waals surface area contributed by atoms with Crippen molar-refractivity contribution in [1.82, 2.24) is 14.5 Å². The van der Waals surface area contributed by atoms with Gasteiger partial charge in [-0.1, -0.05) is 24.6 Å². The molecule has 134 valence electrons. The molecule has 1 aliphatic heterocycles. The standard InChI is InChI=1S/C19H26N4O2/c1-4-17-15(3)20-19-22(16-8-6-14(2)7-9-16)12-21(10-5-11-24)13-23(19)18(17)25/h6-9,24H,4-5,10-13H2,1-3H3. The predicted octanol–water partition coefficient (Wildman–Crippen LogP) is 2.17. The molecule has 2 aromatic rings. The van der Waals surface area contributed by atoms with Gasteiger partial charge in [0.25, 0.3) is 5.56 Å². The Balaban J connectivity index is 2.09. The SMILES string of the molecule is CCc1c(C)nc2n(c1=O)CN(CCCO)CN2c1ccc(C)cc1. The van der Waals surface area contributed by atoms with Crippen molar-refractivity contribution < 1.29 is 5.11 Å². The van der Waals surface area contributed by atoms with Gasteiger partial charge in [0.15, 0.2) is 0 Å². The summed E-state index contributed by atoms with van der Waals surface area (Å²) in [5, 5.41) is 9.16. The molecule has 3 rings (SSSR count). The van der Waals surface area contributed by atoms with E-state index >= 15 is 0 Å². The Kier molecular flexibility index (Phi) is 5.20. The lowest BCUT2D eigenvalue weighted by Crippen LogP contribution is -2.48. The van der Waals surface area contributed by atoms with E-state index in [0.29, 0.717) is 32.1 Å². The van der Waals surface area contributed by atoms with Gasteiger partial charge in [0.2, 0.25) is 5.95 Å². The number of aromatic nitrogens is 2. The molecule has 0 bridgehead atoms. The van der Waals surface area contributed by atoms with E-state index < -0.39 is 0 Å². The fourth-order valence-corrected chi connectivity index (χ4v) is 3.29. The van der Waals surface area contributed by atoms with Crippen LogP contribution in [0.15, 0.2) is 29.1 Å². The maximum Gasteiger partial charge on any atom is 0.259 e. The average molecular weight is 342 g/mol. The number of aryl methyl sites for hydroxylation is 2. The number of anilines is 2. The van der Waals surface area contributed by atoms with Crippen molar-refractivity contribution >= 4 is 11.6 Å². The first-order valence-corrected chi connectivity index (χ1v) is 8.83. The molecule has 0 unspecified atom stereocenters. The highest BCUT2D eigenvalue weighted by atomic mass is 16.3. The number of rotatable bonds is 5. The van der Waals surface area contributed by atoms with E-state index in [0.717, 1.165) is 23.5 Å². The van der Waals surface area contributed by atoms with E-state index in [1.807, 2.05) is 13.8 Å². The fourth-order valence-electron chi connectivity index (χ4n) is 3.29. The van der Waals surface area contributed by atoms with Gasteiger partial charge in [-0.05, 0) is 38.8 Å². The van der Waals surface area contributed by atoms with Crippen LogP contribution in [0.5, 0.6) is 0 Å². The molecule has 0 amide bonds. The summed E-state index contributed by atoms with van der Waals surface area (Å²) in [6.07, 6.45) is 1.37. The molecule has 1 aliphatic rings. The number of benzene rings is 1. The monoisotopic (exact) mass is 342 g/mol. The molecule has 1 aromatic heterocycles. The van der Waals surface area contributed by atoms with Crippen LogP contribution >= 0.6 is 0 Å². The number of hydrogen-bond donors (Lipinski definition) is 1. The van der Waals surface area contributed by atoms with E-state index in [2.05, 4.69) is 41.0 Å². The molecule has 0 aliphatic carbocycles. The van der Waals surface area contributed by atoms with Crippen molar-refractivity contribution in [2.45, 2.75) is 40.3 Å². The molecule has 25 heavy (non-hydrogen) atoms. The topological polar surface area (TPSA) is 61.6 Å². The van der Waals surface area contributed by atoms with E-state index in [4.69, 9.17) is 10.1 Å². The lowest BCUT2D eigenvalue weighted by molar-refractivity contribution is 0.175. The van der Waals surface area contributed by atoms with Crippen LogP contribution in [0.3, 0.4) is 0 Å². The van der Waals surface area contributed by atoms with Crippen LogP contribution in [0.2, 0.25) is 0 Å². The molecule has 0 atom stereocenters. The van der Waals surface area contributed by atoms with Crippen LogP contribution in [0.25, 0.3) is 0 Å². The molecule has 6 heteroatoms. The van der Waals surface area contributed by atoms with E-state index in [-0.39, 0.29) is 12.2 Å². The lowest BCUT2D eigenvalue weighted by atomic mass is 10.2. The van der Waals surface area contributed by atoms with Crippen molar-refractivity contribution in [2.75, 3.05) is 24.7 Å². The smallest absolute Gasteiger partial charge is 0.259 e. The number of nitrogens with zero attached hydrogens (tertiary/aromatic N) is 4. The number of fused-ring (bicyclic) bond motifs is 1. The molecular formula is C19H26N4O2. The maximum atomic E-state index is 12.9. The summed E-state index contributed by atoms with van der Waals surface area (Å²) < 4.78 is 1.76. The molecule has 0 spiro atoms. The molecule has 1 N–H and O–H groups in total. The van der Waals surface area contributed by atoms with Crippen LogP contribution in [0, 0.1) is 13.8 Å². The highest BCUT2D eigenvalue weighted by Crippen LogP contribution is 2.27. The third-order valence-electron chi connectivity index (χ3n) is 4.71. The lowest BCUT2D eigenvalue weighted by Gasteiger charge is -2.38. The van der Waals surface area contributed by atoms with Gasteiger partial charge in [-0.3, -0.25) is 19.2 Å². The summed E-state index contributed by atoms with van der Waals surface area (Å²) in [6, 6.07) is 8.25. The van der Waals surface area contributed by atoms with E-state index in [9.17, 15) is 4.79 Å². The maximum absolute atomic E-state index is 12.9. The zero-order valence-corrected chi connectivity index (χ0v) is 15.2. The van der Waals surface area contributed by atoms with Gasteiger partial charge in [-0.15, -0.1) is 0 Å². The van der Waals surface area contributed by atoms with Gasteiger partial charge in [-0.25, -0.2) is 4.98 Å². The fraction of sp³-hybridized carbons (Fsp3) is 0.474. The molecule has 1 aromatic carbocycles. The third kappa shape index (κ3) is 3.45. The van der Waals surface area contributed by atoms with Gasteiger partial charge < -0.3 is 5.11 Å². The number of aliphatic hydroxyl groups excluding tert-OH is 1. The quantitative estimate of drug-likeness (QED) is 0.902. The van der Waals surface area contributed by atoms with Crippen molar-refractivity contribution in [2.24, 2.45) is 0 Å². The zero-order valence-electron chi connectivity index (χ0n) is 15.2. The van der Waals surface area contributed by atoms with Crippen molar-refractivity contribution in [3.05, 3.63) is 51.4 Å². The number of hydrogen-bond acceptors (Lipinski definition) is 5. The second-order valence-electron chi connectivity index (χ2n) is 6.58. The van der Waals surface area contributed by atoms with E-state index in [1.165, 1.54) is 5.56 Å². The summed E-state index contributed by atoms with van der Waals surface area (Å²) in [7, 11) is 0. The Morgan fingerprint density at radius 2 is 1.88 bits per heavy atom. The van der Waals surface area contributed by atoms with Gasteiger partial charge in [-0.2, -0.15) is 0 Å². The first-order chi connectivity index (χ1) is 12.0. The summed E-state index contributed by atoms with van der Waals surface area (Å²) in [5.74, 6) is 0.698. The van der Waals surface area contributed by atoms with Crippen molar-refractivity contribution in [3.8, 4) is 0 Å². The second kappa shape index (κ2) is 7.37. The Bertz CT molecular complexity index is 798. The minimum atomic E-state index is 0.0378. The highest BCUT2D eigenvalue weighted by molar-refractivity contribution is 5.58. The van der Waals surface area contributed by atoms with Gasteiger partial charge in [0.1, 0.15) is 0 Å². The first-order valence-electron chi connectivity index (χ1n) is 8.83. The van der Waals surface area contributed by atoms with E-state index in [1.54, 1.807) is 4.57 Å². The van der Waals surface area contributed by atoms with Gasteiger partial charge >= 0.3 is 0 Å². The zero-order chi connectivity index (χ0) is 18.0. The molecule has 0 saturated carbocycles. The molecule has 0 fully saturated rings. The molecule has 2 heterocycles. The molecular weight excluding hydrogens is 316 g/mol. The van der Waals surface area contributed by atoms with Crippen LogP contribution in [0.1, 0.15) is 30.2 Å². The molecule has 0 saturated heterocycles. The number of aliphatic hydroxyl groups is 1. The van der Waals surface area contributed by atoms with Crippen molar-refractivity contribution in [3.63, 3.8) is 0 Å². The predicted molar refractivity (Wildman–Crippen MR) is 99.2 cm³/mol. The van der Waals surface area contributed by atoms with Crippen molar-refractivity contribution in [1.29, 1.82) is 0 Å². The average Bonchev–Trinajstić information content (AvgIpc) is 2.61. The van der Waals surface area contributed by atoms with Gasteiger partial charge in [0.05, 0.1) is 13.3 Å². The third-order valence-corrected chi connectivity index (χ3v) is 4.71. The summed E-state index contributed by atoms with van der Waals surface area (Å²) in [6.45, 7) is 8.00. The van der Waals surface area contributed by atoms with Gasteiger partial charge in [0, 0.05) is 30.1 Å². The Labute approximate surface area is 148 Å². The summed E-state index contributed by atoms with van der Waals surface area (Å²) in [5.41, 5.74) is 3.83. The molecule has 6 nitrogen and oxygen atoms in total. The summed E-state index contributed by atoms with van der Waals surface area (Å²) in [4.78, 5) is 21.9. The molecule has 0 radical (unpaired) electrons.